The molecule has 2 aromatic rings. The van der Waals surface area contributed by atoms with Crippen LogP contribution in [0.25, 0.3) is 6.08 Å². The number of carbonyl (C=O) groups is 3. The third-order valence-corrected chi connectivity index (χ3v) is 5.16. The standard InChI is InChI=1S/C21H20N2O3S/c1-14-4-8-16(9-5-14)18(24)13-23-20(25)19(27-21(23)26)12-15-6-10-17(11-7-15)22(2)3/h4-12H,13H2,1-3H3/b19-12+. The fourth-order valence-electron chi connectivity index (χ4n) is 2.63. The van der Waals surface area contributed by atoms with Gasteiger partial charge in [0, 0.05) is 25.3 Å². The van der Waals surface area contributed by atoms with E-state index < -0.39 is 11.1 Å². The number of aryl methyl sites for hydroxylation is 1. The number of anilines is 1. The van der Waals surface area contributed by atoms with Crippen LogP contribution in [0.3, 0.4) is 0 Å². The summed E-state index contributed by atoms with van der Waals surface area (Å²) in [5, 5.41) is -0.420. The molecule has 3 rings (SSSR count). The Kier molecular flexibility index (Phi) is 5.46. The van der Waals surface area contributed by atoms with Crippen LogP contribution < -0.4 is 4.90 Å². The molecule has 1 heterocycles. The number of nitrogens with zero attached hydrogens (tertiary/aromatic N) is 2. The van der Waals surface area contributed by atoms with Crippen molar-refractivity contribution in [2.45, 2.75) is 6.92 Å². The minimum atomic E-state index is -0.429. The summed E-state index contributed by atoms with van der Waals surface area (Å²) in [5.41, 5.74) is 3.41. The van der Waals surface area contributed by atoms with Gasteiger partial charge in [-0.15, -0.1) is 0 Å². The summed E-state index contributed by atoms with van der Waals surface area (Å²) < 4.78 is 0. The molecule has 5 nitrogen and oxygen atoms in total. The smallest absolute Gasteiger partial charge is 0.293 e. The summed E-state index contributed by atoms with van der Waals surface area (Å²) in [6, 6.07) is 14.7. The molecule has 0 saturated carbocycles. The molecule has 0 spiro atoms. The van der Waals surface area contributed by atoms with E-state index in [-0.39, 0.29) is 12.3 Å². The average Bonchev–Trinajstić information content (AvgIpc) is 2.90. The molecule has 2 amide bonds. The molecule has 27 heavy (non-hydrogen) atoms. The Morgan fingerprint density at radius 2 is 1.67 bits per heavy atom. The minimum Gasteiger partial charge on any atom is -0.378 e. The summed E-state index contributed by atoms with van der Waals surface area (Å²) in [4.78, 5) is 40.5. The van der Waals surface area contributed by atoms with E-state index in [1.54, 1.807) is 18.2 Å². The Labute approximate surface area is 162 Å². The summed E-state index contributed by atoms with van der Waals surface area (Å²) in [7, 11) is 3.90. The van der Waals surface area contributed by atoms with E-state index in [4.69, 9.17) is 0 Å². The van der Waals surface area contributed by atoms with Crippen LogP contribution in [0.4, 0.5) is 10.5 Å². The van der Waals surface area contributed by atoms with Crippen molar-refractivity contribution >= 4 is 40.5 Å². The van der Waals surface area contributed by atoms with E-state index in [0.29, 0.717) is 10.5 Å². The lowest BCUT2D eigenvalue weighted by molar-refractivity contribution is -0.122. The summed E-state index contributed by atoms with van der Waals surface area (Å²) in [5.74, 6) is -0.684. The van der Waals surface area contributed by atoms with Crippen LogP contribution in [-0.2, 0) is 4.79 Å². The highest BCUT2D eigenvalue weighted by molar-refractivity contribution is 8.18. The zero-order valence-corrected chi connectivity index (χ0v) is 16.2. The molecule has 6 heteroatoms. The Morgan fingerprint density at radius 3 is 2.26 bits per heavy atom. The van der Waals surface area contributed by atoms with Crippen molar-refractivity contribution in [1.29, 1.82) is 0 Å². The molecule has 0 bridgehead atoms. The number of ketones is 1. The normalized spacial score (nSPS) is 15.5. The second-order valence-electron chi connectivity index (χ2n) is 6.54. The largest absolute Gasteiger partial charge is 0.378 e. The zero-order chi connectivity index (χ0) is 19.6. The lowest BCUT2D eigenvalue weighted by Gasteiger charge is -2.12. The highest BCUT2D eigenvalue weighted by Gasteiger charge is 2.36. The van der Waals surface area contributed by atoms with Crippen LogP contribution in [0.15, 0.2) is 53.4 Å². The van der Waals surface area contributed by atoms with Crippen molar-refractivity contribution in [3.8, 4) is 0 Å². The van der Waals surface area contributed by atoms with Crippen molar-refractivity contribution in [3.05, 3.63) is 70.1 Å². The molecule has 1 saturated heterocycles. The molecule has 1 aliphatic heterocycles. The van der Waals surface area contributed by atoms with Crippen molar-refractivity contribution in [2.75, 3.05) is 25.5 Å². The van der Waals surface area contributed by atoms with Gasteiger partial charge in [-0.2, -0.15) is 0 Å². The first-order chi connectivity index (χ1) is 12.8. The number of thioether (sulfide) groups is 1. The van der Waals surface area contributed by atoms with Crippen molar-refractivity contribution in [2.24, 2.45) is 0 Å². The first-order valence-corrected chi connectivity index (χ1v) is 9.29. The highest BCUT2D eigenvalue weighted by atomic mass is 32.2. The number of benzene rings is 2. The van der Waals surface area contributed by atoms with E-state index >= 15 is 0 Å². The van der Waals surface area contributed by atoms with Crippen molar-refractivity contribution < 1.29 is 14.4 Å². The maximum Gasteiger partial charge on any atom is 0.293 e. The fourth-order valence-corrected chi connectivity index (χ4v) is 3.47. The van der Waals surface area contributed by atoms with E-state index in [0.717, 1.165) is 33.5 Å². The van der Waals surface area contributed by atoms with Gasteiger partial charge < -0.3 is 4.90 Å². The molecule has 0 radical (unpaired) electrons. The highest BCUT2D eigenvalue weighted by Crippen LogP contribution is 2.32. The lowest BCUT2D eigenvalue weighted by Crippen LogP contribution is -2.33. The molecule has 138 valence electrons. The molecule has 0 atom stereocenters. The summed E-state index contributed by atoms with van der Waals surface area (Å²) >= 11 is 0.863. The van der Waals surface area contributed by atoms with Gasteiger partial charge in [0.15, 0.2) is 5.78 Å². The van der Waals surface area contributed by atoms with Crippen molar-refractivity contribution in [3.63, 3.8) is 0 Å². The molecule has 2 aromatic carbocycles. The Morgan fingerprint density at radius 1 is 1.04 bits per heavy atom. The van der Waals surface area contributed by atoms with Gasteiger partial charge in [0.25, 0.3) is 11.1 Å². The Balaban J connectivity index is 1.74. The van der Waals surface area contributed by atoms with Gasteiger partial charge in [-0.25, -0.2) is 0 Å². The summed E-state index contributed by atoms with van der Waals surface area (Å²) in [6.07, 6.45) is 1.68. The van der Waals surface area contributed by atoms with Gasteiger partial charge in [0.2, 0.25) is 0 Å². The van der Waals surface area contributed by atoms with Gasteiger partial charge in [0.05, 0.1) is 11.4 Å². The van der Waals surface area contributed by atoms with Crippen LogP contribution in [-0.4, -0.2) is 42.5 Å². The second kappa shape index (κ2) is 7.80. The van der Waals surface area contributed by atoms with Crippen LogP contribution >= 0.6 is 11.8 Å². The van der Waals surface area contributed by atoms with Crippen LogP contribution in [0.1, 0.15) is 21.5 Å². The third kappa shape index (κ3) is 4.28. The van der Waals surface area contributed by atoms with Crippen molar-refractivity contribution in [1.82, 2.24) is 4.90 Å². The van der Waals surface area contributed by atoms with E-state index in [1.807, 2.05) is 62.3 Å². The Hall–Kier alpha value is -2.86. The first-order valence-electron chi connectivity index (χ1n) is 8.48. The molecule has 0 unspecified atom stereocenters. The Bertz CT molecular complexity index is 915. The zero-order valence-electron chi connectivity index (χ0n) is 15.4. The second-order valence-corrected chi connectivity index (χ2v) is 7.54. The number of Topliss-reactive ketones (excluding diaryl/α,β-unsaturated/α-hetero) is 1. The van der Waals surface area contributed by atoms with Gasteiger partial charge in [0.1, 0.15) is 0 Å². The molecular weight excluding hydrogens is 360 g/mol. The number of hydrogen-bond donors (Lipinski definition) is 0. The SMILES string of the molecule is Cc1ccc(C(=O)CN2C(=O)S/C(=C/c3ccc(N(C)C)cc3)C2=O)cc1. The monoisotopic (exact) mass is 380 g/mol. The topological polar surface area (TPSA) is 57.7 Å². The van der Waals surface area contributed by atoms with Crippen LogP contribution in [0.5, 0.6) is 0 Å². The predicted molar refractivity (Wildman–Crippen MR) is 109 cm³/mol. The minimum absolute atomic E-state index is 0.245. The molecule has 1 fully saturated rings. The number of carbonyl (C=O) groups excluding carboxylic acids is 3. The van der Waals surface area contributed by atoms with E-state index in [9.17, 15) is 14.4 Å². The lowest BCUT2D eigenvalue weighted by atomic mass is 10.1. The predicted octanol–water partition coefficient (Wildman–Crippen LogP) is 3.98. The van der Waals surface area contributed by atoms with Crippen LogP contribution in [0, 0.1) is 6.92 Å². The molecule has 0 aliphatic carbocycles. The fraction of sp³-hybridized carbons (Fsp3) is 0.190. The summed E-state index contributed by atoms with van der Waals surface area (Å²) in [6.45, 7) is 1.69. The molecular formula is C21H20N2O3S. The first kappa shape index (κ1) is 18.9. The number of hydrogen-bond acceptors (Lipinski definition) is 5. The molecule has 0 N–H and O–H groups in total. The average molecular weight is 380 g/mol. The number of rotatable bonds is 5. The number of imide groups is 1. The molecule has 1 aliphatic rings. The maximum absolute atomic E-state index is 12.6. The quantitative estimate of drug-likeness (QED) is 0.580. The van der Waals surface area contributed by atoms with Gasteiger partial charge in [-0.3, -0.25) is 19.3 Å². The third-order valence-electron chi connectivity index (χ3n) is 4.26. The van der Waals surface area contributed by atoms with Crippen LogP contribution in [0.2, 0.25) is 0 Å². The van der Waals surface area contributed by atoms with Gasteiger partial charge in [-0.05, 0) is 42.5 Å². The van der Waals surface area contributed by atoms with Gasteiger partial charge >= 0.3 is 0 Å². The number of amides is 2. The van der Waals surface area contributed by atoms with E-state index in [1.165, 1.54) is 0 Å². The van der Waals surface area contributed by atoms with E-state index in [2.05, 4.69) is 0 Å². The van der Waals surface area contributed by atoms with Gasteiger partial charge in [-0.1, -0.05) is 42.0 Å². The molecule has 0 aromatic heterocycles. The maximum atomic E-state index is 12.6.